The summed E-state index contributed by atoms with van der Waals surface area (Å²) < 4.78 is 13.7. The van der Waals surface area contributed by atoms with Crippen LogP contribution < -0.4 is 0 Å². The molecule has 2 nitrogen and oxygen atoms in total. The summed E-state index contributed by atoms with van der Waals surface area (Å²) in [5, 5.41) is 0. The van der Waals surface area contributed by atoms with Gasteiger partial charge in [-0.25, -0.2) is 4.39 Å². The standard InChI is InChI=1S/C24H36FNO/c1-6-7-22(27)16-18(2)26-14-12-19(13-15-26)8-9-20-10-11-21(25)17-23(20)24(3,4)5/h10-11,17,19H,2,6-9,12-16H2,1,3-5H3. The predicted octanol–water partition coefficient (Wildman–Crippen LogP) is 6.04. The largest absolute Gasteiger partial charge is 0.375 e. The van der Waals surface area contributed by atoms with Gasteiger partial charge in [0.15, 0.2) is 0 Å². The Morgan fingerprint density at radius 2 is 1.93 bits per heavy atom. The normalized spacial score (nSPS) is 15.8. The highest BCUT2D eigenvalue weighted by molar-refractivity contribution is 5.80. The minimum Gasteiger partial charge on any atom is -0.375 e. The molecule has 1 saturated heterocycles. The van der Waals surface area contributed by atoms with Gasteiger partial charge in [0.05, 0.1) is 0 Å². The Bertz CT molecular complexity index is 651. The van der Waals surface area contributed by atoms with Gasteiger partial charge >= 0.3 is 0 Å². The SMILES string of the molecule is C=C(CC(=O)CCC)N1CCC(CCc2ccc(F)cc2C(C)(C)C)CC1. The molecule has 0 spiro atoms. The zero-order chi connectivity index (χ0) is 20.0. The van der Waals surface area contributed by atoms with Gasteiger partial charge in [-0.15, -0.1) is 0 Å². The van der Waals surface area contributed by atoms with Crippen molar-refractivity contribution in [3.05, 3.63) is 47.4 Å². The Balaban J connectivity index is 1.85. The molecule has 0 radical (unpaired) electrons. The molecule has 0 aromatic heterocycles. The molecule has 1 aliphatic rings. The smallest absolute Gasteiger partial charge is 0.138 e. The van der Waals surface area contributed by atoms with Gasteiger partial charge in [0.25, 0.3) is 0 Å². The first-order valence-corrected chi connectivity index (χ1v) is 10.4. The molecule has 2 rings (SSSR count). The molecule has 0 unspecified atom stereocenters. The fourth-order valence-corrected chi connectivity index (χ4v) is 4.07. The number of hydrogen-bond acceptors (Lipinski definition) is 2. The van der Waals surface area contributed by atoms with Crippen molar-refractivity contribution in [1.29, 1.82) is 0 Å². The Hall–Kier alpha value is -1.64. The summed E-state index contributed by atoms with van der Waals surface area (Å²) in [5.41, 5.74) is 3.35. The number of nitrogens with zero attached hydrogens (tertiary/aromatic N) is 1. The Morgan fingerprint density at radius 3 is 2.52 bits per heavy atom. The van der Waals surface area contributed by atoms with Crippen LogP contribution in [0.15, 0.2) is 30.5 Å². The number of Topliss-reactive ketones (excluding diaryl/α,β-unsaturated/α-hetero) is 1. The van der Waals surface area contributed by atoms with Gasteiger partial charge in [-0.2, -0.15) is 0 Å². The lowest BCUT2D eigenvalue weighted by Crippen LogP contribution is -2.33. The van der Waals surface area contributed by atoms with Crippen molar-refractivity contribution < 1.29 is 9.18 Å². The molecule has 1 aliphatic heterocycles. The summed E-state index contributed by atoms with van der Waals surface area (Å²) in [6, 6.07) is 5.26. The number of hydrogen-bond donors (Lipinski definition) is 0. The quantitative estimate of drug-likeness (QED) is 0.553. The maximum atomic E-state index is 13.7. The minimum absolute atomic E-state index is 0.0381. The van der Waals surface area contributed by atoms with Crippen molar-refractivity contribution in [2.45, 2.75) is 78.1 Å². The number of halogens is 1. The van der Waals surface area contributed by atoms with Gasteiger partial charge in [-0.05, 0) is 66.7 Å². The number of rotatable bonds is 8. The van der Waals surface area contributed by atoms with Crippen LogP contribution in [-0.4, -0.2) is 23.8 Å². The Labute approximate surface area is 164 Å². The first kappa shape index (κ1) is 21.7. The number of likely N-dealkylation sites (tertiary alicyclic amines) is 1. The van der Waals surface area contributed by atoms with Crippen LogP contribution in [0.1, 0.15) is 77.3 Å². The van der Waals surface area contributed by atoms with Crippen LogP contribution in [0.2, 0.25) is 0 Å². The molecule has 3 heteroatoms. The van der Waals surface area contributed by atoms with E-state index in [0.29, 0.717) is 24.5 Å². The number of allylic oxidation sites excluding steroid dienone is 1. The molecule has 0 amide bonds. The van der Waals surface area contributed by atoms with Crippen LogP contribution >= 0.6 is 0 Å². The number of piperidine rings is 1. The monoisotopic (exact) mass is 373 g/mol. The molecular formula is C24H36FNO. The summed E-state index contributed by atoms with van der Waals surface area (Å²) >= 11 is 0. The summed E-state index contributed by atoms with van der Waals surface area (Å²) in [4.78, 5) is 14.1. The number of benzene rings is 1. The van der Waals surface area contributed by atoms with E-state index in [0.717, 1.165) is 56.5 Å². The molecule has 0 aliphatic carbocycles. The average Bonchev–Trinajstić information content (AvgIpc) is 2.60. The zero-order valence-corrected chi connectivity index (χ0v) is 17.6. The number of carbonyl (C=O) groups excluding carboxylic acids is 1. The molecule has 0 saturated carbocycles. The molecule has 1 aromatic rings. The third-order valence-electron chi connectivity index (χ3n) is 5.69. The van der Waals surface area contributed by atoms with Crippen LogP contribution in [0.3, 0.4) is 0 Å². The summed E-state index contributed by atoms with van der Waals surface area (Å²) in [7, 11) is 0. The molecule has 150 valence electrons. The number of ketones is 1. The van der Waals surface area contributed by atoms with Gasteiger partial charge in [-0.3, -0.25) is 4.79 Å². The van der Waals surface area contributed by atoms with Crippen LogP contribution in [0.5, 0.6) is 0 Å². The van der Waals surface area contributed by atoms with E-state index in [4.69, 9.17) is 0 Å². The van der Waals surface area contributed by atoms with E-state index >= 15 is 0 Å². The van der Waals surface area contributed by atoms with Gasteiger partial charge in [-0.1, -0.05) is 40.3 Å². The van der Waals surface area contributed by atoms with E-state index in [1.165, 1.54) is 5.56 Å². The third kappa shape index (κ3) is 6.48. The lowest BCUT2D eigenvalue weighted by molar-refractivity contribution is -0.118. The second kappa shape index (κ2) is 9.52. The van der Waals surface area contributed by atoms with Crippen molar-refractivity contribution in [1.82, 2.24) is 4.90 Å². The van der Waals surface area contributed by atoms with E-state index in [-0.39, 0.29) is 11.2 Å². The van der Waals surface area contributed by atoms with E-state index in [1.807, 2.05) is 13.0 Å². The van der Waals surface area contributed by atoms with E-state index in [9.17, 15) is 9.18 Å². The van der Waals surface area contributed by atoms with Crippen molar-refractivity contribution in [3.8, 4) is 0 Å². The topological polar surface area (TPSA) is 20.3 Å². The lowest BCUT2D eigenvalue weighted by Gasteiger charge is -2.35. The fraction of sp³-hybridized carbons (Fsp3) is 0.625. The second-order valence-corrected chi connectivity index (χ2v) is 9.05. The van der Waals surface area contributed by atoms with Crippen LogP contribution in [0.25, 0.3) is 0 Å². The van der Waals surface area contributed by atoms with E-state index in [2.05, 4.69) is 32.3 Å². The predicted molar refractivity (Wildman–Crippen MR) is 111 cm³/mol. The van der Waals surface area contributed by atoms with Crippen molar-refractivity contribution in [2.75, 3.05) is 13.1 Å². The first-order chi connectivity index (χ1) is 12.7. The highest BCUT2D eigenvalue weighted by Gasteiger charge is 2.23. The number of aryl methyl sites for hydroxylation is 1. The molecule has 1 heterocycles. The van der Waals surface area contributed by atoms with Gasteiger partial charge in [0.2, 0.25) is 0 Å². The maximum Gasteiger partial charge on any atom is 0.138 e. The fourth-order valence-electron chi connectivity index (χ4n) is 4.07. The van der Waals surface area contributed by atoms with Crippen LogP contribution in [0, 0.1) is 11.7 Å². The van der Waals surface area contributed by atoms with Gasteiger partial charge < -0.3 is 4.90 Å². The molecule has 0 bridgehead atoms. The zero-order valence-electron chi connectivity index (χ0n) is 17.6. The maximum absolute atomic E-state index is 13.7. The minimum atomic E-state index is -0.145. The second-order valence-electron chi connectivity index (χ2n) is 9.05. The van der Waals surface area contributed by atoms with Crippen molar-refractivity contribution in [2.24, 2.45) is 5.92 Å². The Morgan fingerprint density at radius 1 is 1.26 bits per heavy atom. The molecule has 0 atom stereocenters. The summed E-state index contributed by atoms with van der Waals surface area (Å²) in [6.07, 6.45) is 6.51. The molecule has 0 N–H and O–H groups in total. The van der Waals surface area contributed by atoms with Gasteiger partial charge in [0, 0.05) is 31.6 Å². The third-order valence-corrected chi connectivity index (χ3v) is 5.69. The van der Waals surface area contributed by atoms with Gasteiger partial charge in [0.1, 0.15) is 11.6 Å². The van der Waals surface area contributed by atoms with E-state index in [1.54, 1.807) is 12.1 Å². The summed E-state index contributed by atoms with van der Waals surface area (Å²) in [5.74, 6) is 0.849. The van der Waals surface area contributed by atoms with Crippen molar-refractivity contribution >= 4 is 5.78 Å². The molecule has 27 heavy (non-hydrogen) atoms. The molecular weight excluding hydrogens is 337 g/mol. The highest BCUT2D eigenvalue weighted by atomic mass is 19.1. The van der Waals surface area contributed by atoms with Crippen LogP contribution in [0.4, 0.5) is 4.39 Å². The first-order valence-electron chi connectivity index (χ1n) is 10.4. The summed E-state index contributed by atoms with van der Waals surface area (Å²) in [6.45, 7) is 14.6. The van der Waals surface area contributed by atoms with Crippen molar-refractivity contribution in [3.63, 3.8) is 0 Å². The lowest BCUT2D eigenvalue weighted by atomic mass is 9.81. The van der Waals surface area contributed by atoms with Crippen LogP contribution in [-0.2, 0) is 16.6 Å². The highest BCUT2D eigenvalue weighted by Crippen LogP contribution is 2.30. The molecule has 1 aromatic carbocycles. The Kier molecular flexibility index (Phi) is 7.64. The number of carbonyl (C=O) groups is 1. The average molecular weight is 374 g/mol. The van der Waals surface area contributed by atoms with E-state index < -0.39 is 0 Å². The molecule has 1 fully saturated rings.